The van der Waals surface area contributed by atoms with E-state index in [0.717, 1.165) is 44.9 Å². The zero-order valence-electron chi connectivity index (χ0n) is 22.6. The van der Waals surface area contributed by atoms with Crippen LogP contribution in [-0.4, -0.2) is 25.2 Å². The van der Waals surface area contributed by atoms with E-state index in [4.69, 9.17) is 9.47 Å². The van der Waals surface area contributed by atoms with Crippen LogP contribution in [0.5, 0.6) is 0 Å². The molecule has 0 unspecified atom stereocenters. The topological polar surface area (TPSA) is 52.6 Å². The van der Waals surface area contributed by atoms with E-state index in [-0.39, 0.29) is 17.9 Å². The van der Waals surface area contributed by atoms with Crippen molar-refractivity contribution in [2.45, 2.75) is 144 Å². The highest BCUT2D eigenvalue weighted by atomic mass is 16.5. The van der Waals surface area contributed by atoms with Gasteiger partial charge in [0.25, 0.3) is 0 Å². The smallest absolute Gasteiger partial charge is 0.334 e. The zero-order valence-corrected chi connectivity index (χ0v) is 22.6. The molecule has 0 fully saturated rings. The van der Waals surface area contributed by atoms with Crippen molar-refractivity contribution >= 4 is 11.9 Å². The maximum absolute atomic E-state index is 13.0. The van der Waals surface area contributed by atoms with Crippen LogP contribution in [0.25, 0.3) is 0 Å². The SMILES string of the molecule is CCCCCCCCOC(=O)C(CCCCC)=C(CC(C)C)C(=O)OCCCCCCCC. The number of ether oxygens (including phenoxy) is 2. The quantitative estimate of drug-likeness (QED) is 0.0909. The van der Waals surface area contributed by atoms with Crippen LogP contribution in [-0.2, 0) is 19.1 Å². The van der Waals surface area contributed by atoms with Crippen molar-refractivity contribution in [3.05, 3.63) is 11.1 Å². The van der Waals surface area contributed by atoms with Crippen molar-refractivity contribution < 1.29 is 19.1 Å². The first-order valence-electron chi connectivity index (χ1n) is 14.0. The second kappa shape index (κ2) is 22.5. The number of unbranched alkanes of at least 4 members (excludes halogenated alkanes) is 12. The molecule has 0 saturated heterocycles. The first kappa shape index (κ1) is 31.7. The fourth-order valence-corrected chi connectivity index (χ4v) is 3.93. The van der Waals surface area contributed by atoms with Crippen LogP contribution in [0.1, 0.15) is 144 Å². The van der Waals surface area contributed by atoms with Crippen LogP contribution in [0.2, 0.25) is 0 Å². The molecular formula is C29H54O4. The third-order valence-corrected chi connectivity index (χ3v) is 5.96. The lowest BCUT2D eigenvalue weighted by Crippen LogP contribution is -2.19. The molecule has 4 nitrogen and oxygen atoms in total. The van der Waals surface area contributed by atoms with Crippen molar-refractivity contribution in [3.63, 3.8) is 0 Å². The number of carbonyl (C=O) groups is 2. The number of rotatable bonds is 22. The Morgan fingerprint density at radius 2 is 0.939 bits per heavy atom. The van der Waals surface area contributed by atoms with Gasteiger partial charge in [0.15, 0.2) is 0 Å². The lowest BCUT2D eigenvalue weighted by Gasteiger charge is -2.16. The maximum Gasteiger partial charge on any atom is 0.334 e. The summed E-state index contributed by atoms with van der Waals surface area (Å²) < 4.78 is 11.3. The molecule has 0 amide bonds. The molecule has 194 valence electrons. The normalized spacial score (nSPS) is 12.1. The average molecular weight is 467 g/mol. The summed E-state index contributed by atoms with van der Waals surface area (Å²) in [4.78, 5) is 26.0. The molecule has 0 aliphatic heterocycles. The molecule has 4 heteroatoms. The van der Waals surface area contributed by atoms with Gasteiger partial charge < -0.3 is 9.47 Å². The molecule has 0 heterocycles. The summed E-state index contributed by atoms with van der Waals surface area (Å²) in [5, 5.41) is 0. The van der Waals surface area contributed by atoms with E-state index in [1.807, 2.05) is 0 Å². The van der Waals surface area contributed by atoms with Gasteiger partial charge in [-0.05, 0) is 38.0 Å². The van der Waals surface area contributed by atoms with Crippen LogP contribution in [0, 0.1) is 5.92 Å². The van der Waals surface area contributed by atoms with Crippen molar-refractivity contribution in [1.82, 2.24) is 0 Å². The minimum atomic E-state index is -0.319. The number of hydrogen-bond acceptors (Lipinski definition) is 4. The monoisotopic (exact) mass is 466 g/mol. The maximum atomic E-state index is 13.0. The van der Waals surface area contributed by atoms with Gasteiger partial charge in [-0.1, -0.05) is 112 Å². The van der Waals surface area contributed by atoms with Crippen LogP contribution < -0.4 is 0 Å². The Morgan fingerprint density at radius 1 is 0.545 bits per heavy atom. The second-order valence-electron chi connectivity index (χ2n) is 9.82. The Morgan fingerprint density at radius 3 is 1.39 bits per heavy atom. The molecule has 0 aromatic rings. The Labute approximate surface area is 205 Å². The van der Waals surface area contributed by atoms with Gasteiger partial charge in [-0.15, -0.1) is 0 Å². The Kier molecular flexibility index (Phi) is 21.6. The predicted octanol–water partition coefficient (Wildman–Crippen LogP) is 8.72. The molecule has 0 aliphatic rings. The standard InChI is InChI=1S/C29H54O4/c1-6-9-12-14-16-19-22-32-28(30)26(21-18-11-8-3)27(24-25(4)5)29(31)33-23-20-17-15-13-10-7-2/h25H,6-24H2,1-5H3. The molecule has 0 aromatic heterocycles. The minimum Gasteiger partial charge on any atom is -0.462 e. The number of esters is 2. The third-order valence-electron chi connectivity index (χ3n) is 5.96. The fourth-order valence-electron chi connectivity index (χ4n) is 3.93. The van der Waals surface area contributed by atoms with Crippen molar-refractivity contribution in [1.29, 1.82) is 0 Å². The third kappa shape index (κ3) is 17.8. The van der Waals surface area contributed by atoms with E-state index in [0.29, 0.717) is 37.2 Å². The van der Waals surface area contributed by atoms with E-state index in [1.54, 1.807) is 0 Å². The Hall–Kier alpha value is -1.32. The Bertz CT molecular complexity index is 522. The van der Waals surface area contributed by atoms with Gasteiger partial charge >= 0.3 is 11.9 Å². The van der Waals surface area contributed by atoms with Crippen molar-refractivity contribution in [2.24, 2.45) is 5.92 Å². The molecule has 0 aliphatic carbocycles. The molecule has 0 saturated carbocycles. The zero-order chi connectivity index (χ0) is 24.7. The van der Waals surface area contributed by atoms with Gasteiger partial charge in [0.05, 0.1) is 13.2 Å². The van der Waals surface area contributed by atoms with E-state index >= 15 is 0 Å². The highest BCUT2D eigenvalue weighted by Gasteiger charge is 2.24. The molecule has 0 spiro atoms. The van der Waals surface area contributed by atoms with Gasteiger partial charge in [-0.25, -0.2) is 9.59 Å². The van der Waals surface area contributed by atoms with Crippen LogP contribution >= 0.6 is 0 Å². The summed E-state index contributed by atoms with van der Waals surface area (Å²) >= 11 is 0. The molecule has 0 N–H and O–H groups in total. The molecule has 0 atom stereocenters. The number of carbonyl (C=O) groups excluding carboxylic acids is 2. The molecule has 0 bridgehead atoms. The lowest BCUT2D eigenvalue weighted by atomic mass is 9.94. The first-order chi connectivity index (χ1) is 16.0. The molecule has 0 radical (unpaired) electrons. The molecule has 0 aromatic carbocycles. The first-order valence-corrected chi connectivity index (χ1v) is 14.0. The average Bonchev–Trinajstić information content (AvgIpc) is 2.79. The minimum absolute atomic E-state index is 0.272. The van der Waals surface area contributed by atoms with E-state index in [9.17, 15) is 9.59 Å². The summed E-state index contributed by atoms with van der Waals surface area (Å²) in [5.74, 6) is -0.360. The highest BCUT2D eigenvalue weighted by Crippen LogP contribution is 2.23. The summed E-state index contributed by atoms with van der Waals surface area (Å²) in [5.41, 5.74) is 1.09. The molecule has 33 heavy (non-hydrogen) atoms. The Balaban J connectivity index is 4.99. The van der Waals surface area contributed by atoms with E-state index in [2.05, 4.69) is 34.6 Å². The summed E-state index contributed by atoms with van der Waals surface area (Å²) in [7, 11) is 0. The van der Waals surface area contributed by atoms with Crippen LogP contribution in [0.4, 0.5) is 0 Å². The largest absolute Gasteiger partial charge is 0.462 e. The van der Waals surface area contributed by atoms with Crippen molar-refractivity contribution in [3.8, 4) is 0 Å². The van der Waals surface area contributed by atoms with Crippen LogP contribution in [0.15, 0.2) is 11.1 Å². The summed E-state index contributed by atoms with van der Waals surface area (Å²) in [6.07, 6.45) is 18.0. The van der Waals surface area contributed by atoms with Gasteiger partial charge in [0.2, 0.25) is 0 Å². The highest BCUT2D eigenvalue weighted by molar-refractivity contribution is 6.00. The summed E-state index contributed by atoms with van der Waals surface area (Å²) in [6.45, 7) is 11.6. The van der Waals surface area contributed by atoms with Gasteiger partial charge in [-0.2, -0.15) is 0 Å². The van der Waals surface area contributed by atoms with E-state index in [1.165, 1.54) is 51.4 Å². The van der Waals surface area contributed by atoms with Gasteiger partial charge in [-0.3, -0.25) is 0 Å². The fraction of sp³-hybridized carbons (Fsp3) is 0.862. The molecular weight excluding hydrogens is 412 g/mol. The van der Waals surface area contributed by atoms with Crippen molar-refractivity contribution in [2.75, 3.05) is 13.2 Å². The van der Waals surface area contributed by atoms with Gasteiger partial charge in [0.1, 0.15) is 0 Å². The lowest BCUT2D eigenvalue weighted by molar-refractivity contribution is -0.142. The predicted molar refractivity (Wildman–Crippen MR) is 139 cm³/mol. The van der Waals surface area contributed by atoms with E-state index < -0.39 is 0 Å². The van der Waals surface area contributed by atoms with Gasteiger partial charge in [0, 0.05) is 11.1 Å². The second-order valence-corrected chi connectivity index (χ2v) is 9.82. The van der Waals surface area contributed by atoms with Crippen LogP contribution in [0.3, 0.4) is 0 Å². The summed E-state index contributed by atoms with van der Waals surface area (Å²) in [6, 6.07) is 0. The number of hydrogen-bond donors (Lipinski definition) is 0. The molecule has 0 rings (SSSR count).